The van der Waals surface area contributed by atoms with Crippen LogP contribution < -0.4 is 18.9 Å². The standard InChI is InChI=1S/C21H23N3O6S/c1-28-17-8-5-9-18(14-17)30-19-20(22-15-23-21(19)29-12-11-25)24-31(26,27)13-10-16-6-3-2-4-7-16/h2-9,14-15,25H,10-13H2,1H3,(H,22,23,24). The molecule has 0 aliphatic rings. The molecular formula is C21H23N3O6S. The van der Waals surface area contributed by atoms with Crippen LogP contribution in [-0.4, -0.2) is 49.6 Å². The Morgan fingerprint density at radius 1 is 1.03 bits per heavy atom. The fourth-order valence-electron chi connectivity index (χ4n) is 2.65. The van der Waals surface area contributed by atoms with Crippen LogP contribution in [0.4, 0.5) is 5.82 Å². The Morgan fingerprint density at radius 2 is 1.81 bits per heavy atom. The number of benzene rings is 2. The molecule has 10 heteroatoms. The molecule has 0 spiro atoms. The third-order valence-corrected chi connectivity index (χ3v) is 5.36. The van der Waals surface area contributed by atoms with Gasteiger partial charge in [0.25, 0.3) is 5.88 Å². The summed E-state index contributed by atoms with van der Waals surface area (Å²) >= 11 is 0. The number of nitrogens with zero attached hydrogens (tertiary/aromatic N) is 2. The van der Waals surface area contributed by atoms with Crippen molar-refractivity contribution in [2.45, 2.75) is 6.42 Å². The fraction of sp³-hybridized carbons (Fsp3) is 0.238. The van der Waals surface area contributed by atoms with Gasteiger partial charge in [0.15, 0.2) is 5.82 Å². The molecule has 3 aromatic rings. The number of hydrogen-bond acceptors (Lipinski definition) is 8. The number of aryl methyl sites for hydroxylation is 1. The van der Waals surface area contributed by atoms with Crippen LogP contribution >= 0.6 is 0 Å². The van der Waals surface area contributed by atoms with E-state index in [2.05, 4.69) is 14.7 Å². The van der Waals surface area contributed by atoms with E-state index in [1.165, 1.54) is 7.11 Å². The number of sulfonamides is 1. The zero-order chi connectivity index (χ0) is 22.1. The maximum Gasteiger partial charge on any atom is 0.263 e. The Bertz CT molecular complexity index is 1090. The molecule has 1 aromatic heterocycles. The number of anilines is 1. The molecular weight excluding hydrogens is 422 g/mol. The zero-order valence-electron chi connectivity index (χ0n) is 16.9. The second kappa shape index (κ2) is 10.6. The van der Waals surface area contributed by atoms with Crippen molar-refractivity contribution in [2.75, 3.05) is 30.8 Å². The molecule has 3 rings (SSSR count). The number of ether oxygens (including phenoxy) is 3. The Morgan fingerprint density at radius 3 is 2.55 bits per heavy atom. The van der Waals surface area contributed by atoms with Crippen LogP contribution in [0, 0.1) is 0 Å². The summed E-state index contributed by atoms with van der Waals surface area (Å²) in [5, 5.41) is 9.07. The Balaban J connectivity index is 1.85. The van der Waals surface area contributed by atoms with E-state index in [-0.39, 0.29) is 36.4 Å². The van der Waals surface area contributed by atoms with Crippen molar-refractivity contribution in [1.82, 2.24) is 9.97 Å². The van der Waals surface area contributed by atoms with E-state index in [9.17, 15) is 8.42 Å². The van der Waals surface area contributed by atoms with Crippen LogP contribution in [0.15, 0.2) is 60.9 Å². The highest BCUT2D eigenvalue weighted by atomic mass is 32.2. The van der Waals surface area contributed by atoms with E-state index in [4.69, 9.17) is 19.3 Å². The Hall–Kier alpha value is -3.37. The SMILES string of the molecule is COc1cccc(Oc2c(NS(=O)(=O)CCc3ccccc3)ncnc2OCCO)c1. The first kappa shape index (κ1) is 22.3. The summed E-state index contributed by atoms with van der Waals surface area (Å²) in [4.78, 5) is 8.03. The minimum Gasteiger partial charge on any atom is -0.497 e. The molecule has 0 saturated carbocycles. The third kappa shape index (κ3) is 6.56. The van der Waals surface area contributed by atoms with Gasteiger partial charge in [-0.25, -0.2) is 13.4 Å². The van der Waals surface area contributed by atoms with Gasteiger partial charge in [-0.05, 0) is 24.1 Å². The Labute approximate surface area is 180 Å². The van der Waals surface area contributed by atoms with Crippen LogP contribution in [0.5, 0.6) is 23.1 Å². The summed E-state index contributed by atoms with van der Waals surface area (Å²) in [6.07, 6.45) is 1.49. The number of methoxy groups -OCH3 is 1. The molecule has 0 aliphatic carbocycles. The number of aromatic nitrogens is 2. The minimum absolute atomic E-state index is 0.00682. The van der Waals surface area contributed by atoms with Crippen molar-refractivity contribution >= 4 is 15.8 Å². The largest absolute Gasteiger partial charge is 0.497 e. The van der Waals surface area contributed by atoms with E-state index >= 15 is 0 Å². The summed E-state index contributed by atoms with van der Waals surface area (Å²) in [5.41, 5.74) is 0.899. The second-order valence-corrected chi connectivity index (χ2v) is 8.21. The average Bonchev–Trinajstić information content (AvgIpc) is 2.78. The first-order chi connectivity index (χ1) is 15.0. The lowest BCUT2D eigenvalue weighted by Gasteiger charge is -2.15. The van der Waals surface area contributed by atoms with E-state index in [1.54, 1.807) is 24.3 Å². The molecule has 31 heavy (non-hydrogen) atoms. The minimum atomic E-state index is -3.75. The van der Waals surface area contributed by atoms with Crippen molar-refractivity contribution < 1.29 is 27.7 Å². The van der Waals surface area contributed by atoms with Gasteiger partial charge in [0, 0.05) is 6.07 Å². The van der Waals surface area contributed by atoms with Crippen LogP contribution in [0.2, 0.25) is 0 Å². The molecule has 0 atom stereocenters. The first-order valence-corrected chi connectivity index (χ1v) is 11.1. The third-order valence-electron chi connectivity index (χ3n) is 4.12. The molecule has 2 aromatic carbocycles. The fourth-order valence-corrected chi connectivity index (χ4v) is 3.69. The van der Waals surface area contributed by atoms with Gasteiger partial charge in [-0.3, -0.25) is 4.72 Å². The molecule has 164 valence electrons. The van der Waals surface area contributed by atoms with Crippen molar-refractivity contribution in [3.05, 3.63) is 66.5 Å². The number of hydrogen-bond donors (Lipinski definition) is 2. The summed E-state index contributed by atoms with van der Waals surface area (Å²) in [7, 11) is -2.23. The quantitative estimate of drug-likeness (QED) is 0.462. The smallest absolute Gasteiger partial charge is 0.263 e. The maximum atomic E-state index is 12.7. The number of aliphatic hydroxyl groups is 1. The highest BCUT2D eigenvalue weighted by Crippen LogP contribution is 2.37. The second-order valence-electron chi connectivity index (χ2n) is 6.37. The number of rotatable bonds is 11. The summed E-state index contributed by atoms with van der Waals surface area (Å²) in [6, 6.07) is 16.0. The first-order valence-electron chi connectivity index (χ1n) is 9.45. The molecule has 0 aliphatic heterocycles. The van der Waals surface area contributed by atoms with Crippen molar-refractivity contribution in [3.63, 3.8) is 0 Å². The van der Waals surface area contributed by atoms with E-state index < -0.39 is 10.0 Å². The molecule has 2 N–H and O–H groups in total. The van der Waals surface area contributed by atoms with Crippen molar-refractivity contribution in [2.24, 2.45) is 0 Å². The van der Waals surface area contributed by atoms with E-state index in [0.717, 1.165) is 11.9 Å². The maximum absolute atomic E-state index is 12.7. The summed E-state index contributed by atoms with van der Waals surface area (Å²) in [6.45, 7) is -0.299. The van der Waals surface area contributed by atoms with Crippen LogP contribution in [0.25, 0.3) is 0 Å². The Kier molecular flexibility index (Phi) is 7.63. The molecule has 0 bridgehead atoms. The van der Waals surface area contributed by atoms with Gasteiger partial charge in [-0.15, -0.1) is 0 Å². The summed E-state index contributed by atoms with van der Waals surface area (Å²) in [5.74, 6) is 0.677. The lowest BCUT2D eigenvalue weighted by atomic mass is 10.2. The van der Waals surface area contributed by atoms with Gasteiger partial charge in [-0.1, -0.05) is 36.4 Å². The monoisotopic (exact) mass is 445 g/mol. The van der Waals surface area contributed by atoms with Gasteiger partial charge in [0.1, 0.15) is 24.4 Å². The van der Waals surface area contributed by atoms with Crippen molar-refractivity contribution in [1.29, 1.82) is 0 Å². The topological polar surface area (TPSA) is 120 Å². The van der Waals surface area contributed by atoms with E-state index in [0.29, 0.717) is 17.9 Å². The van der Waals surface area contributed by atoms with Crippen LogP contribution in [0.3, 0.4) is 0 Å². The molecule has 0 radical (unpaired) electrons. The van der Waals surface area contributed by atoms with Gasteiger partial charge < -0.3 is 19.3 Å². The summed E-state index contributed by atoms with van der Waals surface area (Å²) < 4.78 is 44.2. The van der Waals surface area contributed by atoms with Crippen LogP contribution in [-0.2, 0) is 16.4 Å². The predicted octanol–water partition coefficient (Wildman–Crippen LogP) is 2.63. The normalized spacial score (nSPS) is 11.0. The number of nitrogens with one attached hydrogen (secondary N) is 1. The van der Waals surface area contributed by atoms with Gasteiger partial charge >= 0.3 is 0 Å². The van der Waals surface area contributed by atoms with Gasteiger partial charge in [0.05, 0.1) is 19.5 Å². The van der Waals surface area contributed by atoms with Gasteiger partial charge in [0.2, 0.25) is 15.8 Å². The molecule has 9 nitrogen and oxygen atoms in total. The molecule has 0 saturated heterocycles. The number of aliphatic hydroxyl groups excluding tert-OH is 1. The lowest BCUT2D eigenvalue weighted by Crippen LogP contribution is -2.20. The lowest BCUT2D eigenvalue weighted by molar-refractivity contribution is 0.192. The van der Waals surface area contributed by atoms with Gasteiger partial charge in [-0.2, -0.15) is 4.98 Å². The van der Waals surface area contributed by atoms with Crippen molar-refractivity contribution in [3.8, 4) is 23.1 Å². The average molecular weight is 445 g/mol. The highest BCUT2D eigenvalue weighted by molar-refractivity contribution is 7.92. The molecule has 0 unspecified atom stereocenters. The zero-order valence-corrected chi connectivity index (χ0v) is 17.7. The molecule has 0 fully saturated rings. The molecule has 1 heterocycles. The van der Waals surface area contributed by atoms with E-state index in [1.807, 2.05) is 30.3 Å². The highest BCUT2D eigenvalue weighted by Gasteiger charge is 2.21. The predicted molar refractivity (Wildman–Crippen MR) is 115 cm³/mol. The molecule has 0 amide bonds. The van der Waals surface area contributed by atoms with Crippen LogP contribution in [0.1, 0.15) is 5.56 Å².